The number of para-hydroxylation sites is 1. The van der Waals surface area contributed by atoms with Crippen LogP contribution in [0.4, 0.5) is 0 Å². The molecule has 0 aliphatic carbocycles. The summed E-state index contributed by atoms with van der Waals surface area (Å²) in [5.41, 5.74) is 1.00. The van der Waals surface area contributed by atoms with Crippen LogP contribution >= 0.6 is 0 Å². The fourth-order valence-electron chi connectivity index (χ4n) is 3.03. The average Bonchev–Trinajstić information content (AvgIpc) is 3.21. The molecule has 1 atom stereocenters. The third-order valence-electron chi connectivity index (χ3n) is 4.30. The Labute approximate surface area is 166 Å². The van der Waals surface area contributed by atoms with E-state index in [0.717, 1.165) is 24.3 Å². The third-order valence-corrected chi connectivity index (χ3v) is 4.30. The van der Waals surface area contributed by atoms with E-state index in [0.29, 0.717) is 37.8 Å². The molecule has 0 aliphatic rings. The summed E-state index contributed by atoms with van der Waals surface area (Å²) in [6.07, 6.45) is 1.85. The lowest BCUT2D eigenvalue weighted by Crippen LogP contribution is -2.35. The van der Waals surface area contributed by atoms with Crippen molar-refractivity contribution in [3.05, 3.63) is 47.9 Å². The first-order chi connectivity index (χ1) is 13.7. The van der Waals surface area contributed by atoms with Gasteiger partial charge in [0, 0.05) is 38.9 Å². The fraction of sp³-hybridized carbons (Fsp3) is 0.524. The van der Waals surface area contributed by atoms with Gasteiger partial charge in [-0.05, 0) is 24.6 Å². The summed E-state index contributed by atoms with van der Waals surface area (Å²) in [6.45, 7) is 3.12. The molecule has 1 heterocycles. The maximum Gasteiger partial charge on any atom is 0.165 e. The van der Waals surface area contributed by atoms with Crippen molar-refractivity contribution in [1.82, 2.24) is 4.90 Å². The molecule has 7 nitrogen and oxygen atoms in total. The van der Waals surface area contributed by atoms with E-state index in [1.807, 2.05) is 30.3 Å². The molecule has 1 N–H and O–H groups in total. The highest BCUT2D eigenvalue weighted by atomic mass is 16.5. The highest BCUT2D eigenvalue weighted by molar-refractivity contribution is 5.46. The van der Waals surface area contributed by atoms with Crippen molar-refractivity contribution in [2.24, 2.45) is 0 Å². The third kappa shape index (κ3) is 7.16. The minimum atomic E-state index is -0.617. The first kappa shape index (κ1) is 22.2. The summed E-state index contributed by atoms with van der Waals surface area (Å²) in [6, 6.07) is 9.47. The van der Waals surface area contributed by atoms with Crippen molar-refractivity contribution < 1.29 is 28.5 Å². The maximum absolute atomic E-state index is 10.4. The van der Waals surface area contributed by atoms with Gasteiger partial charge < -0.3 is 28.5 Å². The highest BCUT2D eigenvalue weighted by Gasteiger charge is 2.17. The smallest absolute Gasteiger partial charge is 0.165 e. The molecule has 1 aromatic heterocycles. The topological polar surface area (TPSA) is 73.5 Å². The van der Waals surface area contributed by atoms with Crippen molar-refractivity contribution in [3.8, 4) is 11.5 Å². The van der Waals surface area contributed by atoms with E-state index in [1.54, 1.807) is 27.6 Å². The number of rotatable bonds is 14. The molecule has 156 valence electrons. The Kier molecular flexibility index (Phi) is 9.85. The van der Waals surface area contributed by atoms with Crippen LogP contribution in [0.3, 0.4) is 0 Å². The second kappa shape index (κ2) is 12.4. The first-order valence-electron chi connectivity index (χ1n) is 9.37. The van der Waals surface area contributed by atoms with E-state index in [4.69, 9.17) is 23.4 Å². The largest absolute Gasteiger partial charge is 0.493 e. The predicted molar refractivity (Wildman–Crippen MR) is 106 cm³/mol. The van der Waals surface area contributed by atoms with Gasteiger partial charge in [0.15, 0.2) is 11.5 Å². The molecule has 0 radical (unpaired) electrons. The summed E-state index contributed by atoms with van der Waals surface area (Å²) >= 11 is 0. The molecular formula is C21H31NO6. The molecular weight excluding hydrogens is 362 g/mol. The molecule has 0 saturated carbocycles. The number of aliphatic hydroxyl groups excluding tert-OH is 1. The summed E-state index contributed by atoms with van der Waals surface area (Å²) in [5, 5.41) is 10.4. The monoisotopic (exact) mass is 393 g/mol. The van der Waals surface area contributed by atoms with Gasteiger partial charge in [0.2, 0.25) is 0 Å². The van der Waals surface area contributed by atoms with Gasteiger partial charge in [0.05, 0.1) is 33.2 Å². The molecule has 1 aromatic carbocycles. The summed E-state index contributed by atoms with van der Waals surface area (Å²) in [5.74, 6) is 2.15. The second-order valence-corrected chi connectivity index (χ2v) is 6.48. The Hall–Kier alpha value is -2.06. The van der Waals surface area contributed by atoms with Crippen molar-refractivity contribution in [2.75, 3.05) is 47.6 Å². The second-order valence-electron chi connectivity index (χ2n) is 6.48. The van der Waals surface area contributed by atoms with Gasteiger partial charge in [-0.15, -0.1) is 0 Å². The van der Waals surface area contributed by atoms with E-state index in [2.05, 4.69) is 4.90 Å². The van der Waals surface area contributed by atoms with Crippen LogP contribution in [0.5, 0.6) is 11.5 Å². The number of furan rings is 1. The molecule has 0 spiro atoms. The molecule has 0 saturated heterocycles. The number of methoxy groups -OCH3 is 3. The Bertz CT molecular complexity index is 661. The lowest BCUT2D eigenvalue weighted by atomic mass is 10.1. The Morgan fingerprint density at radius 2 is 1.96 bits per heavy atom. The minimum absolute atomic E-state index is 0.233. The van der Waals surface area contributed by atoms with Gasteiger partial charge in [-0.1, -0.05) is 12.1 Å². The van der Waals surface area contributed by atoms with Crippen LogP contribution in [0.15, 0.2) is 41.0 Å². The summed E-state index contributed by atoms with van der Waals surface area (Å²) < 4.78 is 26.9. The van der Waals surface area contributed by atoms with Gasteiger partial charge in [0.1, 0.15) is 12.4 Å². The molecule has 0 fully saturated rings. The number of hydrogen-bond donors (Lipinski definition) is 1. The minimum Gasteiger partial charge on any atom is -0.493 e. The molecule has 2 aromatic rings. The van der Waals surface area contributed by atoms with Crippen LogP contribution < -0.4 is 9.47 Å². The standard InChI is InChI=1S/C21H31NO6/c1-24-11-6-10-22(13-17-7-4-9-20(25-2)21(17)26-3)14-18(23)15-27-16-19-8-5-12-28-19/h4-5,7-9,12,18,23H,6,10-11,13-16H2,1-3H3. The Morgan fingerprint density at radius 3 is 2.64 bits per heavy atom. The number of benzene rings is 1. The number of ether oxygens (including phenoxy) is 4. The molecule has 28 heavy (non-hydrogen) atoms. The SMILES string of the molecule is COCCCN(Cc1cccc(OC)c1OC)CC(O)COCc1ccco1. The van der Waals surface area contributed by atoms with Gasteiger partial charge in [-0.25, -0.2) is 0 Å². The van der Waals surface area contributed by atoms with E-state index in [1.165, 1.54) is 0 Å². The van der Waals surface area contributed by atoms with Gasteiger partial charge >= 0.3 is 0 Å². The van der Waals surface area contributed by atoms with Crippen LogP contribution in [0.25, 0.3) is 0 Å². The normalized spacial score (nSPS) is 12.3. The number of hydrogen-bond acceptors (Lipinski definition) is 7. The molecule has 2 rings (SSSR count). The van der Waals surface area contributed by atoms with Crippen LogP contribution in [0.1, 0.15) is 17.7 Å². The first-order valence-corrected chi connectivity index (χ1v) is 9.37. The van der Waals surface area contributed by atoms with Gasteiger partial charge in [-0.2, -0.15) is 0 Å². The summed E-state index contributed by atoms with van der Waals surface area (Å²) in [7, 11) is 4.94. The van der Waals surface area contributed by atoms with Crippen molar-refractivity contribution >= 4 is 0 Å². The quantitative estimate of drug-likeness (QED) is 0.495. The molecule has 0 amide bonds. The molecule has 0 bridgehead atoms. The maximum atomic E-state index is 10.4. The van der Waals surface area contributed by atoms with Crippen molar-refractivity contribution in [3.63, 3.8) is 0 Å². The van der Waals surface area contributed by atoms with Gasteiger partial charge in [0.25, 0.3) is 0 Å². The highest BCUT2D eigenvalue weighted by Crippen LogP contribution is 2.31. The molecule has 0 aliphatic heterocycles. The number of aliphatic hydroxyl groups is 1. The van der Waals surface area contributed by atoms with Crippen molar-refractivity contribution in [1.29, 1.82) is 0 Å². The zero-order valence-corrected chi connectivity index (χ0v) is 16.9. The van der Waals surface area contributed by atoms with Crippen LogP contribution in [-0.2, 0) is 22.6 Å². The van der Waals surface area contributed by atoms with Crippen LogP contribution in [0, 0.1) is 0 Å². The molecule has 7 heteroatoms. The average molecular weight is 393 g/mol. The zero-order chi connectivity index (χ0) is 20.2. The van der Waals surface area contributed by atoms with E-state index >= 15 is 0 Å². The Balaban J connectivity index is 1.94. The summed E-state index contributed by atoms with van der Waals surface area (Å²) in [4.78, 5) is 2.16. The van der Waals surface area contributed by atoms with E-state index < -0.39 is 6.10 Å². The zero-order valence-electron chi connectivity index (χ0n) is 16.9. The van der Waals surface area contributed by atoms with Gasteiger partial charge in [-0.3, -0.25) is 4.90 Å². The molecule has 1 unspecified atom stereocenters. The number of nitrogens with zero attached hydrogens (tertiary/aromatic N) is 1. The fourth-order valence-corrected chi connectivity index (χ4v) is 3.03. The van der Waals surface area contributed by atoms with Crippen LogP contribution in [0.2, 0.25) is 0 Å². The lowest BCUT2D eigenvalue weighted by Gasteiger charge is -2.26. The predicted octanol–water partition coefficient (Wildman–Crippen LogP) is 2.71. The van der Waals surface area contributed by atoms with Crippen LogP contribution in [-0.4, -0.2) is 63.7 Å². The Morgan fingerprint density at radius 1 is 1.11 bits per heavy atom. The lowest BCUT2D eigenvalue weighted by molar-refractivity contribution is 0.00271. The van der Waals surface area contributed by atoms with E-state index in [-0.39, 0.29) is 6.61 Å². The van der Waals surface area contributed by atoms with E-state index in [9.17, 15) is 5.11 Å². The van der Waals surface area contributed by atoms with Crippen molar-refractivity contribution in [2.45, 2.75) is 25.7 Å².